The van der Waals surface area contributed by atoms with Gasteiger partial charge in [0.25, 0.3) is 15.2 Å². The molecule has 23 heavy (non-hydrogen) atoms. The zero-order valence-corrected chi connectivity index (χ0v) is 14.6. The van der Waals surface area contributed by atoms with Crippen LogP contribution in [0.4, 0.5) is 4.79 Å². The molecule has 1 fully saturated rings. The van der Waals surface area contributed by atoms with E-state index in [1.165, 1.54) is 10.6 Å². The average Bonchev–Trinajstić information content (AvgIpc) is 3.07. The molecule has 1 saturated heterocycles. The number of hydrogen-bond acceptors (Lipinski definition) is 5. The maximum absolute atomic E-state index is 12.5. The molecule has 0 unspecified atom stereocenters. The highest BCUT2D eigenvalue weighted by Crippen LogP contribution is 2.17. The number of piperidine rings is 1. The molecular formula is C14H25N5O3S. The van der Waals surface area contributed by atoms with Gasteiger partial charge >= 0.3 is 6.03 Å². The molecule has 0 aromatic carbocycles. The summed E-state index contributed by atoms with van der Waals surface area (Å²) < 4.78 is 27.4. The van der Waals surface area contributed by atoms with Crippen LogP contribution in [-0.4, -0.2) is 64.6 Å². The van der Waals surface area contributed by atoms with E-state index in [4.69, 9.17) is 0 Å². The van der Waals surface area contributed by atoms with E-state index in [0.29, 0.717) is 26.2 Å². The van der Waals surface area contributed by atoms with Crippen molar-refractivity contribution in [3.63, 3.8) is 0 Å². The molecule has 0 saturated carbocycles. The van der Waals surface area contributed by atoms with Crippen LogP contribution in [0.25, 0.3) is 0 Å². The number of carbonyl (C=O) groups is 1. The Labute approximate surface area is 137 Å². The predicted octanol–water partition coefficient (Wildman–Crippen LogP) is 1.54. The molecule has 0 bridgehead atoms. The normalized spacial score (nSPS) is 16.4. The van der Waals surface area contributed by atoms with E-state index in [-0.39, 0.29) is 11.2 Å². The van der Waals surface area contributed by atoms with E-state index in [1.54, 1.807) is 4.90 Å². The van der Waals surface area contributed by atoms with Gasteiger partial charge in [0.1, 0.15) is 6.33 Å². The maximum Gasteiger partial charge on any atom is 0.346 e. The van der Waals surface area contributed by atoms with Gasteiger partial charge in [-0.25, -0.2) is 18.2 Å². The van der Waals surface area contributed by atoms with Gasteiger partial charge in [-0.1, -0.05) is 19.8 Å². The first-order valence-electron chi connectivity index (χ1n) is 8.21. The molecular weight excluding hydrogens is 318 g/mol. The van der Waals surface area contributed by atoms with E-state index in [2.05, 4.69) is 17.0 Å². The molecule has 8 nitrogen and oxygen atoms in total. The van der Waals surface area contributed by atoms with Gasteiger partial charge in [-0.2, -0.15) is 8.99 Å². The number of amides is 1. The van der Waals surface area contributed by atoms with E-state index < -0.39 is 10.0 Å². The van der Waals surface area contributed by atoms with Gasteiger partial charge in [-0.3, -0.25) is 0 Å². The van der Waals surface area contributed by atoms with Gasteiger partial charge in [0.05, 0.1) is 0 Å². The molecule has 1 aromatic heterocycles. The zero-order valence-electron chi connectivity index (χ0n) is 13.8. The maximum atomic E-state index is 12.5. The Morgan fingerprint density at radius 3 is 2.57 bits per heavy atom. The van der Waals surface area contributed by atoms with Crippen LogP contribution >= 0.6 is 0 Å². The van der Waals surface area contributed by atoms with Crippen LogP contribution in [0.3, 0.4) is 0 Å². The summed E-state index contributed by atoms with van der Waals surface area (Å²) in [5.74, 6) is 0. The molecule has 1 aliphatic heterocycles. The molecule has 0 N–H and O–H groups in total. The Kier molecular flexibility index (Phi) is 6.11. The summed E-state index contributed by atoms with van der Waals surface area (Å²) in [5.41, 5.74) is 0. The van der Waals surface area contributed by atoms with Crippen molar-refractivity contribution in [1.82, 2.24) is 24.0 Å². The summed E-state index contributed by atoms with van der Waals surface area (Å²) >= 11 is 0. The van der Waals surface area contributed by atoms with Crippen molar-refractivity contribution in [3.05, 3.63) is 6.33 Å². The van der Waals surface area contributed by atoms with Crippen molar-refractivity contribution < 1.29 is 13.2 Å². The molecule has 0 spiro atoms. The number of carbonyl (C=O) groups excluding carboxylic acids is 1. The third-order valence-corrected chi connectivity index (χ3v) is 5.68. The lowest BCUT2D eigenvalue weighted by Crippen LogP contribution is -2.37. The molecule has 130 valence electrons. The Bertz CT molecular complexity index is 622. The summed E-state index contributed by atoms with van der Waals surface area (Å²) in [4.78, 5) is 17.9. The summed E-state index contributed by atoms with van der Waals surface area (Å²) in [6.45, 7) is 6.09. The van der Waals surface area contributed by atoms with Crippen molar-refractivity contribution in [2.45, 2.75) is 51.1 Å². The monoisotopic (exact) mass is 343 g/mol. The molecule has 2 heterocycles. The number of unbranched alkanes of at least 4 members (excludes halogenated alkanes) is 1. The molecule has 9 heteroatoms. The average molecular weight is 343 g/mol. The van der Waals surface area contributed by atoms with E-state index in [9.17, 15) is 13.2 Å². The predicted molar refractivity (Wildman–Crippen MR) is 85.6 cm³/mol. The second kappa shape index (κ2) is 7.87. The standard InChI is InChI=1S/C14H25N5O3S/c1-3-5-9-17(4-2)14(20)19-12-15-13(16-19)23(21,22)18-10-7-6-8-11-18/h12H,3-11H2,1-2H3. The first kappa shape index (κ1) is 17.9. The highest BCUT2D eigenvalue weighted by atomic mass is 32.2. The fourth-order valence-corrected chi connectivity index (χ4v) is 3.90. The Morgan fingerprint density at radius 2 is 1.96 bits per heavy atom. The van der Waals surface area contributed by atoms with Gasteiger partial charge in [-0.05, 0) is 26.2 Å². The third kappa shape index (κ3) is 4.08. The van der Waals surface area contributed by atoms with Crippen molar-refractivity contribution in [2.75, 3.05) is 26.2 Å². The van der Waals surface area contributed by atoms with Gasteiger partial charge in [0.2, 0.25) is 0 Å². The van der Waals surface area contributed by atoms with Crippen LogP contribution in [0.2, 0.25) is 0 Å². The van der Waals surface area contributed by atoms with Crippen LogP contribution in [0.15, 0.2) is 11.5 Å². The van der Waals surface area contributed by atoms with Crippen molar-refractivity contribution in [2.24, 2.45) is 0 Å². The summed E-state index contributed by atoms with van der Waals surface area (Å²) in [5, 5.41) is 3.63. The third-order valence-electron chi connectivity index (χ3n) is 3.99. The molecule has 0 atom stereocenters. The zero-order chi connectivity index (χ0) is 16.9. The number of hydrogen-bond donors (Lipinski definition) is 0. The van der Waals surface area contributed by atoms with Gasteiger partial charge in [0.15, 0.2) is 0 Å². The minimum atomic E-state index is -3.70. The first-order valence-corrected chi connectivity index (χ1v) is 9.65. The number of nitrogens with zero attached hydrogens (tertiary/aromatic N) is 5. The second-order valence-electron chi connectivity index (χ2n) is 5.65. The summed E-state index contributed by atoms with van der Waals surface area (Å²) in [7, 11) is -3.70. The minimum Gasteiger partial charge on any atom is -0.323 e. The van der Waals surface area contributed by atoms with Crippen LogP contribution in [0.1, 0.15) is 46.0 Å². The second-order valence-corrected chi connectivity index (χ2v) is 7.48. The topological polar surface area (TPSA) is 88.4 Å². The smallest absolute Gasteiger partial charge is 0.323 e. The molecule has 0 radical (unpaired) electrons. The highest BCUT2D eigenvalue weighted by molar-refractivity contribution is 7.88. The quantitative estimate of drug-likeness (QED) is 0.782. The molecule has 1 aliphatic rings. The summed E-state index contributed by atoms with van der Waals surface area (Å²) in [6.07, 6.45) is 5.80. The van der Waals surface area contributed by atoms with E-state index in [0.717, 1.165) is 36.8 Å². The fraction of sp³-hybridized carbons (Fsp3) is 0.786. The van der Waals surface area contributed by atoms with Crippen LogP contribution in [-0.2, 0) is 10.0 Å². The number of sulfonamides is 1. The van der Waals surface area contributed by atoms with Gasteiger partial charge in [0, 0.05) is 26.2 Å². The molecule has 0 aliphatic carbocycles. The van der Waals surface area contributed by atoms with Crippen LogP contribution in [0.5, 0.6) is 0 Å². The van der Waals surface area contributed by atoms with Gasteiger partial charge < -0.3 is 4.90 Å². The van der Waals surface area contributed by atoms with E-state index in [1.807, 2.05) is 6.92 Å². The largest absolute Gasteiger partial charge is 0.346 e. The molecule has 2 rings (SSSR count). The lowest BCUT2D eigenvalue weighted by atomic mass is 10.2. The van der Waals surface area contributed by atoms with Crippen molar-refractivity contribution in [3.8, 4) is 0 Å². The fourth-order valence-electron chi connectivity index (χ4n) is 2.56. The van der Waals surface area contributed by atoms with Crippen molar-refractivity contribution >= 4 is 16.1 Å². The Morgan fingerprint density at radius 1 is 1.26 bits per heavy atom. The highest BCUT2D eigenvalue weighted by Gasteiger charge is 2.30. The van der Waals surface area contributed by atoms with Crippen LogP contribution in [0, 0.1) is 0 Å². The SMILES string of the molecule is CCCCN(CC)C(=O)n1cnc(S(=O)(=O)N2CCCCC2)n1. The van der Waals surface area contributed by atoms with Crippen molar-refractivity contribution in [1.29, 1.82) is 0 Å². The minimum absolute atomic E-state index is 0.292. The van der Waals surface area contributed by atoms with E-state index >= 15 is 0 Å². The lowest BCUT2D eigenvalue weighted by molar-refractivity contribution is 0.197. The van der Waals surface area contributed by atoms with Gasteiger partial charge in [-0.15, -0.1) is 5.10 Å². The summed E-state index contributed by atoms with van der Waals surface area (Å²) in [6, 6.07) is -0.339. The Balaban J connectivity index is 2.14. The lowest BCUT2D eigenvalue weighted by Gasteiger charge is -2.24. The van der Waals surface area contributed by atoms with Crippen LogP contribution < -0.4 is 0 Å². The first-order chi connectivity index (χ1) is 11.0. The number of aromatic nitrogens is 3. The molecule has 1 aromatic rings. The molecule has 1 amide bonds. The number of rotatable bonds is 6. The Hall–Kier alpha value is -1.48.